The van der Waals surface area contributed by atoms with Gasteiger partial charge in [-0.25, -0.2) is 0 Å². The second-order valence-electron chi connectivity index (χ2n) is 4.52. The van der Waals surface area contributed by atoms with E-state index in [4.69, 9.17) is 16.3 Å². The minimum absolute atomic E-state index is 0.309. The third kappa shape index (κ3) is 2.07. The molecule has 1 saturated heterocycles. The van der Waals surface area contributed by atoms with Crippen molar-refractivity contribution in [3.8, 4) is 0 Å². The molecule has 82 valence electrons. The molecule has 0 radical (unpaired) electrons. The van der Waals surface area contributed by atoms with Gasteiger partial charge in [0, 0.05) is 24.5 Å². The quantitative estimate of drug-likeness (QED) is 0.658. The summed E-state index contributed by atoms with van der Waals surface area (Å²) in [7, 11) is 0. The molecule has 1 aliphatic heterocycles. The van der Waals surface area contributed by atoms with E-state index >= 15 is 0 Å². The molecular weight excluding hydrogens is 198 g/mol. The lowest BCUT2D eigenvalue weighted by Crippen LogP contribution is -2.55. The van der Waals surface area contributed by atoms with Crippen LogP contribution in [0.5, 0.6) is 0 Å². The fourth-order valence-electron chi connectivity index (χ4n) is 2.78. The minimum Gasteiger partial charge on any atom is -0.379 e. The smallest absolute Gasteiger partial charge is 0.0594 e. The van der Waals surface area contributed by atoms with Gasteiger partial charge in [-0.05, 0) is 12.8 Å². The maximum Gasteiger partial charge on any atom is 0.0594 e. The fraction of sp³-hybridized carbons (Fsp3) is 1.00. The van der Waals surface area contributed by atoms with E-state index in [-0.39, 0.29) is 0 Å². The first-order valence-electron chi connectivity index (χ1n) is 5.76. The second kappa shape index (κ2) is 4.82. The van der Waals surface area contributed by atoms with Crippen molar-refractivity contribution >= 4 is 11.6 Å². The van der Waals surface area contributed by atoms with Crippen molar-refractivity contribution in [1.29, 1.82) is 0 Å². The summed E-state index contributed by atoms with van der Waals surface area (Å²) in [4.78, 5) is 2.57. The molecular formula is C11H20ClNO. The van der Waals surface area contributed by atoms with E-state index in [2.05, 4.69) is 4.90 Å². The Labute approximate surface area is 91.6 Å². The summed E-state index contributed by atoms with van der Waals surface area (Å²) in [5, 5.41) is 0. The molecule has 2 fully saturated rings. The van der Waals surface area contributed by atoms with Gasteiger partial charge in [0.1, 0.15) is 0 Å². The molecule has 2 rings (SSSR count). The third-order valence-corrected chi connectivity index (χ3v) is 4.21. The van der Waals surface area contributed by atoms with Crippen LogP contribution in [-0.2, 0) is 4.74 Å². The average molecular weight is 218 g/mol. The predicted molar refractivity (Wildman–Crippen MR) is 58.9 cm³/mol. The van der Waals surface area contributed by atoms with Crippen LogP contribution < -0.4 is 0 Å². The molecule has 0 atom stereocenters. The molecule has 0 bridgehead atoms. The molecule has 0 aromatic rings. The highest BCUT2D eigenvalue weighted by Crippen LogP contribution is 2.35. The van der Waals surface area contributed by atoms with Gasteiger partial charge in [-0.3, -0.25) is 4.90 Å². The van der Waals surface area contributed by atoms with E-state index < -0.39 is 0 Å². The first-order chi connectivity index (χ1) is 6.87. The van der Waals surface area contributed by atoms with Gasteiger partial charge in [-0.15, -0.1) is 11.6 Å². The summed E-state index contributed by atoms with van der Waals surface area (Å²) in [6.07, 6.45) is 6.67. The van der Waals surface area contributed by atoms with Crippen molar-refractivity contribution in [2.45, 2.75) is 37.6 Å². The Morgan fingerprint density at radius 3 is 2.29 bits per heavy atom. The van der Waals surface area contributed by atoms with Crippen LogP contribution in [0.4, 0.5) is 0 Å². The SMILES string of the molecule is ClCC1(N2CCOCC2)CCCCC1. The molecule has 0 aromatic heterocycles. The molecule has 1 aliphatic carbocycles. The molecule has 0 aromatic carbocycles. The molecule has 2 aliphatic rings. The number of nitrogens with zero attached hydrogens (tertiary/aromatic N) is 1. The zero-order valence-corrected chi connectivity index (χ0v) is 9.56. The number of halogens is 1. The summed E-state index contributed by atoms with van der Waals surface area (Å²) in [6, 6.07) is 0. The number of alkyl halides is 1. The predicted octanol–water partition coefficient (Wildman–Crippen LogP) is 2.26. The van der Waals surface area contributed by atoms with Crippen LogP contribution in [0, 0.1) is 0 Å². The average Bonchev–Trinajstić information content (AvgIpc) is 2.31. The summed E-state index contributed by atoms with van der Waals surface area (Å²) in [5.41, 5.74) is 0.309. The molecule has 1 saturated carbocycles. The van der Waals surface area contributed by atoms with Crippen LogP contribution in [0.3, 0.4) is 0 Å². The number of rotatable bonds is 2. The molecule has 14 heavy (non-hydrogen) atoms. The van der Waals surface area contributed by atoms with Gasteiger partial charge in [0.15, 0.2) is 0 Å². The summed E-state index contributed by atoms with van der Waals surface area (Å²) in [6.45, 7) is 3.93. The largest absolute Gasteiger partial charge is 0.379 e. The van der Waals surface area contributed by atoms with Crippen LogP contribution in [-0.4, -0.2) is 42.6 Å². The van der Waals surface area contributed by atoms with Crippen LogP contribution in [0.15, 0.2) is 0 Å². The van der Waals surface area contributed by atoms with Gasteiger partial charge >= 0.3 is 0 Å². The number of morpholine rings is 1. The van der Waals surface area contributed by atoms with Crippen molar-refractivity contribution in [3.63, 3.8) is 0 Å². The zero-order valence-electron chi connectivity index (χ0n) is 8.80. The molecule has 0 N–H and O–H groups in total. The number of hydrogen-bond acceptors (Lipinski definition) is 2. The minimum atomic E-state index is 0.309. The first-order valence-corrected chi connectivity index (χ1v) is 6.30. The summed E-state index contributed by atoms with van der Waals surface area (Å²) < 4.78 is 5.40. The van der Waals surface area contributed by atoms with Gasteiger partial charge in [-0.1, -0.05) is 19.3 Å². The highest BCUT2D eigenvalue weighted by Gasteiger charge is 2.37. The van der Waals surface area contributed by atoms with E-state index in [1.165, 1.54) is 32.1 Å². The molecule has 2 nitrogen and oxygen atoms in total. The highest BCUT2D eigenvalue weighted by molar-refractivity contribution is 6.18. The Hall–Kier alpha value is 0.210. The monoisotopic (exact) mass is 217 g/mol. The molecule has 0 amide bonds. The van der Waals surface area contributed by atoms with E-state index in [0.717, 1.165) is 32.2 Å². The van der Waals surface area contributed by atoms with Gasteiger partial charge < -0.3 is 4.74 Å². The standard InChI is InChI=1S/C11H20ClNO/c12-10-11(4-2-1-3-5-11)13-6-8-14-9-7-13/h1-10H2. The Bertz CT molecular complexity index is 174. The third-order valence-electron chi connectivity index (χ3n) is 3.71. The van der Waals surface area contributed by atoms with Crippen molar-refractivity contribution in [2.24, 2.45) is 0 Å². The lowest BCUT2D eigenvalue weighted by molar-refractivity contribution is -0.0280. The second-order valence-corrected chi connectivity index (χ2v) is 4.79. The Balaban J connectivity index is 2.01. The van der Waals surface area contributed by atoms with Crippen molar-refractivity contribution in [3.05, 3.63) is 0 Å². The summed E-state index contributed by atoms with van der Waals surface area (Å²) in [5.74, 6) is 0.799. The van der Waals surface area contributed by atoms with Gasteiger partial charge in [0.25, 0.3) is 0 Å². The van der Waals surface area contributed by atoms with Crippen LogP contribution in [0.1, 0.15) is 32.1 Å². The van der Waals surface area contributed by atoms with E-state index in [1.54, 1.807) is 0 Å². The lowest BCUT2D eigenvalue weighted by atomic mass is 9.81. The highest BCUT2D eigenvalue weighted by atomic mass is 35.5. The van der Waals surface area contributed by atoms with Crippen LogP contribution in [0.25, 0.3) is 0 Å². The van der Waals surface area contributed by atoms with E-state index in [0.29, 0.717) is 5.54 Å². The molecule has 0 unspecified atom stereocenters. The topological polar surface area (TPSA) is 12.5 Å². The van der Waals surface area contributed by atoms with Crippen LogP contribution in [0.2, 0.25) is 0 Å². The Kier molecular flexibility index (Phi) is 3.69. The maximum absolute atomic E-state index is 6.19. The van der Waals surface area contributed by atoms with Crippen molar-refractivity contribution in [1.82, 2.24) is 4.90 Å². The maximum atomic E-state index is 6.19. The van der Waals surface area contributed by atoms with E-state index in [1.807, 2.05) is 0 Å². The number of hydrogen-bond donors (Lipinski definition) is 0. The van der Waals surface area contributed by atoms with Crippen molar-refractivity contribution < 1.29 is 4.74 Å². The van der Waals surface area contributed by atoms with Gasteiger partial charge in [0.05, 0.1) is 13.2 Å². The molecule has 0 spiro atoms. The Morgan fingerprint density at radius 2 is 1.71 bits per heavy atom. The van der Waals surface area contributed by atoms with Crippen molar-refractivity contribution in [2.75, 3.05) is 32.2 Å². The lowest BCUT2D eigenvalue weighted by Gasteiger charge is -2.47. The Morgan fingerprint density at radius 1 is 1.07 bits per heavy atom. The molecule has 3 heteroatoms. The van der Waals surface area contributed by atoms with Gasteiger partial charge in [-0.2, -0.15) is 0 Å². The van der Waals surface area contributed by atoms with Gasteiger partial charge in [0.2, 0.25) is 0 Å². The fourth-order valence-corrected chi connectivity index (χ4v) is 3.22. The normalized spacial score (nSPS) is 28.9. The molecule has 1 heterocycles. The summed E-state index contributed by atoms with van der Waals surface area (Å²) >= 11 is 6.19. The van der Waals surface area contributed by atoms with E-state index in [9.17, 15) is 0 Å². The van der Waals surface area contributed by atoms with Crippen LogP contribution >= 0.6 is 11.6 Å². The first kappa shape index (κ1) is 10.7. The number of ether oxygens (including phenoxy) is 1. The zero-order chi connectivity index (χ0) is 9.86.